The van der Waals surface area contributed by atoms with Crippen LogP contribution in [0, 0.1) is 5.92 Å². The van der Waals surface area contributed by atoms with Crippen LogP contribution in [0.1, 0.15) is 26.7 Å². The summed E-state index contributed by atoms with van der Waals surface area (Å²) >= 11 is 0. The molecule has 0 bridgehead atoms. The highest BCUT2D eigenvalue weighted by Gasteiger charge is 2.40. The van der Waals surface area contributed by atoms with Gasteiger partial charge in [-0.1, -0.05) is 55.5 Å². The van der Waals surface area contributed by atoms with Crippen LogP contribution in [0.15, 0.2) is 90.7 Å². The number of fused-ring (bicyclic) bond motifs is 2. The molecule has 0 amide bonds. The number of hydrogen-bond acceptors (Lipinski definition) is 3. The molecule has 0 fully saturated rings. The standard InChI is InChI=1S/C26H27NO2/c1-19-10-6-7-13-22(19)27(20-11-4-3-5-12-20)21-15-16-23-24(18-21)29-26(2)17-9-8-14-25(26)28-23/h3-4,6-11,13-19,22,25H,5,12H2,1-2H3. The van der Waals surface area contributed by atoms with Crippen molar-refractivity contribution in [2.45, 2.75) is 44.4 Å². The van der Waals surface area contributed by atoms with Crippen molar-refractivity contribution in [2.75, 3.05) is 4.90 Å². The first-order chi connectivity index (χ1) is 14.1. The number of nitrogens with zero attached hydrogens (tertiary/aromatic N) is 1. The lowest BCUT2D eigenvalue weighted by atomic mass is 9.92. The monoisotopic (exact) mass is 385 g/mol. The first-order valence-electron chi connectivity index (χ1n) is 10.5. The minimum Gasteiger partial charge on any atom is -0.478 e. The molecule has 4 atom stereocenters. The van der Waals surface area contributed by atoms with Gasteiger partial charge in [-0.3, -0.25) is 0 Å². The Balaban J connectivity index is 1.55. The molecule has 3 heteroatoms. The van der Waals surface area contributed by atoms with E-state index in [9.17, 15) is 0 Å². The van der Waals surface area contributed by atoms with Gasteiger partial charge in [0, 0.05) is 17.5 Å². The normalized spacial score (nSPS) is 31.4. The second-order valence-electron chi connectivity index (χ2n) is 8.31. The maximum atomic E-state index is 6.46. The molecule has 29 heavy (non-hydrogen) atoms. The molecule has 148 valence electrons. The predicted molar refractivity (Wildman–Crippen MR) is 118 cm³/mol. The summed E-state index contributed by atoms with van der Waals surface area (Å²) in [5.74, 6) is 2.04. The van der Waals surface area contributed by atoms with Crippen LogP contribution in [0.5, 0.6) is 11.5 Å². The zero-order valence-corrected chi connectivity index (χ0v) is 17.0. The Morgan fingerprint density at radius 2 is 1.86 bits per heavy atom. The third-order valence-corrected chi connectivity index (χ3v) is 6.15. The molecule has 0 radical (unpaired) electrons. The van der Waals surface area contributed by atoms with Gasteiger partial charge in [0.1, 0.15) is 0 Å². The lowest BCUT2D eigenvalue weighted by Gasteiger charge is -2.42. The highest BCUT2D eigenvalue weighted by atomic mass is 16.6. The van der Waals surface area contributed by atoms with E-state index in [-0.39, 0.29) is 12.1 Å². The first kappa shape index (κ1) is 18.1. The van der Waals surface area contributed by atoms with E-state index >= 15 is 0 Å². The Kier molecular flexibility index (Phi) is 4.46. The van der Waals surface area contributed by atoms with Crippen molar-refractivity contribution < 1.29 is 9.47 Å². The summed E-state index contributed by atoms with van der Waals surface area (Å²) in [6.45, 7) is 4.36. The Labute approximate surface area is 173 Å². The Bertz CT molecular complexity index is 980. The maximum Gasteiger partial charge on any atom is 0.165 e. The molecule has 0 aromatic heterocycles. The van der Waals surface area contributed by atoms with Gasteiger partial charge in [-0.05, 0) is 56.0 Å². The summed E-state index contributed by atoms with van der Waals surface area (Å²) in [7, 11) is 0. The van der Waals surface area contributed by atoms with Crippen LogP contribution in [0.4, 0.5) is 5.69 Å². The third-order valence-electron chi connectivity index (χ3n) is 6.15. The lowest BCUT2D eigenvalue weighted by molar-refractivity contribution is 0.00210. The van der Waals surface area contributed by atoms with E-state index in [0.717, 1.165) is 30.0 Å². The summed E-state index contributed by atoms with van der Waals surface area (Å²) < 4.78 is 12.7. The van der Waals surface area contributed by atoms with E-state index in [4.69, 9.17) is 9.47 Å². The van der Waals surface area contributed by atoms with E-state index in [1.165, 1.54) is 5.70 Å². The predicted octanol–water partition coefficient (Wildman–Crippen LogP) is 5.88. The van der Waals surface area contributed by atoms with Crippen molar-refractivity contribution >= 4 is 5.69 Å². The van der Waals surface area contributed by atoms with Crippen molar-refractivity contribution in [3.8, 4) is 11.5 Å². The molecule has 1 aromatic rings. The Morgan fingerprint density at radius 3 is 2.69 bits per heavy atom. The molecule has 3 nitrogen and oxygen atoms in total. The van der Waals surface area contributed by atoms with Gasteiger partial charge in [-0.2, -0.15) is 0 Å². The van der Waals surface area contributed by atoms with Crippen LogP contribution < -0.4 is 14.4 Å². The molecular weight excluding hydrogens is 358 g/mol. The van der Waals surface area contributed by atoms with Gasteiger partial charge < -0.3 is 14.4 Å². The van der Waals surface area contributed by atoms with Crippen LogP contribution in [0.3, 0.4) is 0 Å². The summed E-state index contributed by atoms with van der Waals surface area (Å²) in [5.41, 5.74) is 2.01. The van der Waals surface area contributed by atoms with Gasteiger partial charge >= 0.3 is 0 Å². The fraction of sp³-hybridized carbons (Fsp3) is 0.308. The minimum atomic E-state index is -0.473. The second kappa shape index (κ2) is 7.14. The number of benzene rings is 1. The third kappa shape index (κ3) is 3.25. The number of hydrogen-bond donors (Lipinski definition) is 0. The smallest absolute Gasteiger partial charge is 0.165 e. The van der Waals surface area contributed by atoms with Crippen molar-refractivity contribution in [3.63, 3.8) is 0 Å². The molecule has 0 N–H and O–H groups in total. The number of allylic oxidation sites excluding steroid dienone is 8. The number of anilines is 1. The van der Waals surface area contributed by atoms with Gasteiger partial charge in [0.05, 0.1) is 6.04 Å². The van der Waals surface area contributed by atoms with Crippen molar-refractivity contribution in [1.82, 2.24) is 0 Å². The largest absolute Gasteiger partial charge is 0.478 e. The molecule has 5 rings (SSSR count). The van der Waals surface area contributed by atoms with Crippen LogP contribution in [-0.2, 0) is 0 Å². The van der Waals surface area contributed by atoms with Gasteiger partial charge in [0.25, 0.3) is 0 Å². The summed E-state index contributed by atoms with van der Waals surface area (Å²) in [6, 6.07) is 6.63. The maximum absolute atomic E-state index is 6.46. The SMILES string of the molecule is CC1C=CC=CC1N(C1=CC=CCC1)c1ccc2c(c1)OC1(C)C=CC=CC1O2. The van der Waals surface area contributed by atoms with Crippen LogP contribution in [0.2, 0.25) is 0 Å². The molecular formula is C26H27NO2. The van der Waals surface area contributed by atoms with Crippen LogP contribution in [0.25, 0.3) is 0 Å². The van der Waals surface area contributed by atoms with E-state index in [2.05, 4.69) is 91.6 Å². The quantitative estimate of drug-likeness (QED) is 0.648. The van der Waals surface area contributed by atoms with Crippen LogP contribution >= 0.6 is 0 Å². The highest BCUT2D eigenvalue weighted by Crippen LogP contribution is 2.44. The molecule has 0 saturated heterocycles. The molecule has 4 unspecified atom stereocenters. The van der Waals surface area contributed by atoms with Crippen LogP contribution in [-0.4, -0.2) is 17.7 Å². The lowest BCUT2D eigenvalue weighted by Crippen LogP contribution is -2.49. The Hall–Kier alpha value is -2.94. The topological polar surface area (TPSA) is 21.7 Å². The summed E-state index contributed by atoms with van der Waals surface area (Å²) in [4.78, 5) is 2.46. The summed E-state index contributed by atoms with van der Waals surface area (Å²) in [5, 5.41) is 0. The van der Waals surface area contributed by atoms with Gasteiger partial charge in [0.2, 0.25) is 0 Å². The van der Waals surface area contributed by atoms with Gasteiger partial charge in [-0.25, -0.2) is 0 Å². The highest BCUT2D eigenvalue weighted by molar-refractivity contribution is 5.63. The van der Waals surface area contributed by atoms with Crippen molar-refractivity contribution in [1.29, 1.82) is 0 Å². The molecule has 1 aromatic carbocycles. The molecule has 4 aliphatic rings. The zero-order chi connectivity index (χ0) is 19.8. The first-order valence-corrected chi connectivity index (χ1v) is 10.5. The average molecular weight is 386 g/mol. The second-order valence-corrected chi connectivity index (χ2v) is 8.31. The Morgan fingerprint density at radius 1 is 1.00 bits per heavy atom. The minimum absolute atomic E-state index is 0.0976. The van der Waals surface area contributed by atoms with Gasteiger partial charge in [-0.15, -0.1) is 0 Å². The number of rotatable bonds is 3. The van der Waals surface area contributed by atoms with Crippen molar-refractivity contribution in [3.05, 3.63) is 90.7 Å². The van der Waals surface area contributed by atoms with E-state index in [0.29, 0.717) is 5.92 Å². The molecule has 1 heterocycles. The van der Waals surface area contributed by atoms with Gasteiger partial charge in [0.15, 0.2) is 23.2 Å². The molecule has 1 aliphatic heterocycles. The fourth-order valence-corrected chi connectivity index (χ4v) is 4.49. The molecule has 0 saturated carbocycles. The van der Waals surface area contributed by atoms with E-state index < -0.39 is 5.60 Å². The molecule has 3 aliphatic carbocycles. The average Bonchev–Trinajstić information content (AvgIpc) is 2.74. The summed E-state index contributed by atoms with van der Waals surface area (Å²) in [6.07, 6.45) is 25.7. The van der Waals surface area contributed by atoms with Crippen molar-refractivity contribution in [2.24, 2.45) is 5.92 Å². The van der Waals surface area contributed by atoms with E-state index in [1.54, 1.807) is 0 Å². The fourth-order valence-electron chi connectivity index (χ4n) is 4.49. The number of ether oxygens (including phenoxy) is 2. The zero-order valence-electron chi connectivity index (χ0n) is 17.0. The van der Waals surface area contributed by atoms with E-state index in [1.807, 2.05) is 12.2 Å². The molecule has 0 spiro atoms.